The summed E-state index contributed by atoms with van der Waals surface area (Å²) in [6, 6.07) is 0. The van der Waals surface area contributed by atoms with Crippen molar-refractivity contribution in [2.45, 2.75) is 83.7 Å². The van der Waals surface area contributed by atoms with Gasteiger partial charge in [0.05, 0.1) is 6.10 Å². The minimum atomic E-state index is -0.430. The Morgan fingerprint density at radius 3 is 1.63 bits per heavy atom. The number of hydrogen-bond donors (Lipinski definition) is 3. The maximum absolute atomic E-state index is 9.84. The fraction of sp³-hybridized carbons (Fsp3) is 0.667. The van der Waals surface area contributed by atoms with Crippen LogP contribution in [0, 0.1) is 5.92 Å². The number of rotatable bonds is 18. The van der Waals surface area contributed by atoms with Gasteiger partial charge in [0.1, 0.15) is 0 Å². The van der Waals surface area contributed by atoms with Crippen LogP contribution in [0.3, 0.4) is 0 Å². The molecule has 0 aliphatic carbocycles. The van der Waals surface area contributed by atoms with Crippen molar-refractivity contribution >= 4 is 0 Å². The highest BCUT2D eigenvalue weighted by Gasteiger charge is 2.12. The molecule has 0 aliphatic rings. The van der Waals surface area contributed by atoms with Crippen LogP contribution in [0.25, 0.3) is 0 Å². The highest BCUT2D eigenvalue weighted by atomic mass is 16.3. The van der Waals surface area contributed by atoms with E-state index >= 15 is 0 Å². The van der Waals surface area contributed by atoms with Crippen molar-refractivity contribution in [2.75, 3.05) is 13.2 Å². The number of allylic oxidation sites excluding steroid dienone is 8. The predicted molar refractivity (Wildman–Crippen MR) is 117 cm³/mol. The molecule has 0 fully saturated rings. The summed E-state index contributed by atoms with van der Waals surface area (Å²) < 4.78 is 0. The van der Waals surface area contributed by atoms with E-state index in [-0.39, 0.29) is 19.1 Å². The van der Waals surface area contributed by atoms with Crippen LogP contribution in [0.1, 0.15) is 77.6 Å². The molecule has 0 aromatic carbocycles. The Morgan fingerprint density at radius 2 is 1.15 bits per heavy atom. The second kappa shape index (κ2) is 21.1. The lowest BCUT2D eigenvalue weighted by atomic mass is 9.99. The summed E-state index contributed by atoms with van der Waals surface area (Å²) in [6.45, 7) is 2.10. The van der Waals surface area contributed by atoms with E-state index in [1.54, 1.807) is 0 Å². The summed E-state index contributed by atoms with van der Waals surface area (Å²) in [5.74, 6) is -0.198. The van der Waals surface area contributed by atoms with E-state index in [1.807, 2.05) is 0 Å². The lowest BCUT2D eigenvalue weighted by Crippen LogP contribution is -2.19. The zero-order valence-corrected chi connectivity index (χ0v) is 17.3. The SMILES string of the molecule is CCCCC/C=C\C/C=C\C/C=C\C/C=C\CCCC(O)CC(CO)CO. The molecule has 1 atom stereocenters. The molecule has 0 amide bonds. The smallest absolute Gasteiger partial charge is 0.0544 e. The normalized spacial score (nSPS) is 14.0. The molecule has 3 nitrogen and oxygen atoms in total. The van der Waals surface area contributed by atoms with Gasteiger partial charge in [-0.05, 0) is 57.8 Å². The fourth-order valence-corrected chi connectivity index (χ4v) is 2.74. The zero-order chi connectivity index (χ0) is 20.0. The molecule has 3 N–H and O–H groups in total. The van der Waals surface area contributed by atoms with Gasteiger partial charge in [0.2, 0.25) is 0 Å². The van der Waals surface area contributed by atoms with E-state index in [2.05, 4.69) is 55.5 Å². The minimum absolute atomic E-state index is 0.0647. The van der Waals surface area contributed by atoms with E-state index in [9.17, 15) is 5.11 Å². The van der Waals surface area contributed by atoms with Crippen LogP contribution in [0.15, 0.2) is 48.6 Å². The number of hydrogen-bond acceptors (Lipinski definition) is 3. The van der Waals surface area contributed by atoms with Crippen molar-refractivity contribution in [1.29, 1.82) is 0 Å². The number of unbranched alkanes of at least 4 members (excludes halogenated alkanes) is 4. The molecular formula is C24H42O3. The molecule has 0 radical (unpaired) electrons. The Balaban J connectivity index is 3.53. The maximum atomic E-state index is 9.84. The number of aliphatic hydroxyl groups is 3. The van der Waals surface area contributed by atoms with Gasteiger partial charge in [-0.15, -0.1) is 0 Å². The van der Waals surface area contributed by atoms with Crippen LogP contribution < -0.4 is 0 Å². The van der Waals surface area contributed by atoms with E-state index < -0.39 is 6.10 Å². The predicted octanol–water partition coefficient (Wildman–Crippen LogP) is 5.48. The van der Waals surface area contributed by atoms with Crippen molar-refractivity contribution < 1.29 is 15.3 Å². The van der Waals surface area contributed by atoms with Crippen molar-refractivity contribution in [3.8, 4) is 0 Å². The Kier molecular flexibility index (Phi) is 20.2. The molecular weight excluding hydrogens is 336 g/mol. The minimum Gasteiger partial charge on any atom is -0.396 e. The van der Waals surface area contributed by atoms with Gasteiger partial charge < -0.3 is 15.3 Å². The van der Waals surface area contributed by atoms with Crippen LogP contribution in [0.2, 0.25) is 0 Å². The Hall–Kier alpha value is -1.16. The summed E-state index contributed by atoms with van der Waals surface area (Å²) in [6.07, 6.45) is 28.4. The molecule has 0 bridgehead atoms. The Bertz CT molecular complexity index is 406. The first-order valence-electron chi connectivity index (χ1n) is 10.7. The van der Waals surface area contributed by atoms with Crippen molar-refractivity contribution in [3.63, 3.8) is 0 Å². The van der Waals surface area contributed by atoms with E-state index in [4.69, 9.17) is 10.2 Å². The van der Waals surface area contributed by atoms with Crippen LogP contribution in [0.4, 0.5) is 0 Å². The van der Waals surface area contributed by atoms with Crippen LogP contribution in [0.5, 0.6) is 0 Å². The van der Waals surface area contributed by atoms with E-state index in [0.717, 1.165) is 32.1 Å². The highest BCUT2D eigenvalue weighted by molar-refractivity contribution is 4.99. The molecule has 156 valence electrons. The standard InChI is InChI=1S/C24H42O3/c1-2-3-4-5-6-7-8-9-10-11-12-13-14-15-16-17-18-19-24(27)20-23(21-25)22-26/h6-7,9-10,12-13,15-16,23-27H,2-5,8,11,14,17-22H2,1H3/b7-6-,10-9-,13-12-,16-15-. The first-order chi connectivity index (χ1) is 13.2. The zero-order valence-electron chi connectivity index (χ0n) is 17.3. The van der Waals surface area contributed by atoms with Gasteiger partial charge in [-0.25, -0.2) is 0 Å². The lowest BCUT2D eigenvalue weighted by Gasteiger charge is -2.15. The molecule has 1 unspecified atom stereocenters. The molecule has 0 aromatic heterocycles. The first kappa shape index (κ1) is 25.8. The van der Waals surface area contributed by atoms with Crippen LogP contribution in [-0.4, -0.2) is 34.6 Å². The van der Waals surface area contributed by atoms with Gasteiger partial charge in [0, 0.05) is 19.1 Å². The monoisotopic (exact) mass is 378 g/mol. The molecule has 0 saturated carbocycles. The molecule has 0 spiro atoms. The summed E-state index contributed by atoms with van der Waals surface area (Å²) in [4.78, 5) is 0. The third kappa shape index (κ3) is 19.4. The van der Waals surface area contributed by atoms with Gasteiger partial charge in [-0.2, -0.15) is 0 Å². The summed E-state index contributed by atoms with van der Waals surface area (Å²) >= 11 is 0. The molecule has 0 aromatic rings. The molecule has 0 heterocycles. The summed E-state index contributed by atoms with van der Waals surface area (Å²) in [7, 11) is 0. The van der Waals surface area contributed by atoms with E-state index in [0.29, 0.717) is 12.8 Å². The highest BCUT2D eigenvalue weighted by Crippen LogP contribution is 2.11. The molecule has 0 saturated heterocycles. The molecule has 0 aliphatic heterocycles. The van der Waals surface area contributed by atoms with Gasteiger partial charge >= 0.3 is 0 Å². The second-order valence-corrected chi connectivity index (χ2v) is 7.14. The van der Waals surface area contributed by atoms with Gasteiger partial charge in [0.25, 0.3) is 0 Å². The third-order valence-corrected chi connectivity index (χ3v) is 4.49. The maximum Gasteiger partial charge on any atom is 0.0544 e. The second-order valence-electron chi connectivity index (χ2n) is 7.14. The van der Waals surface area contributed by atoms with Crippen LogP contribution in [-0.2, 0) is 0 Å². The van der Waals surface area contributed by atoms with Gasteiger partial charge in [0.15, 0.2) is 0 Å². The average molecular weight is 379 g/mol. The molecule has 0 rings (SSSR count). The molecule has 3 heteroatoms. The fourth-order valence-electron chi connectivity index (χ4n) is 2.74. The average Bonchev–Trinajstić information content (AvgIpc) is 2.68. The Morgan fingerprint density at radius 1 is 0.667 bits per heavy atom. The number of aliphatic hydroxyl groups excluding tert-OH is 3. The quantitative estimate of drug-likeness (QED) is 0.218. The van der Waals surface area contributed by atoms with Crippen molar-refractivity contribution in [2.24, 2.45) is 5.92 Å². The Labute approximate surface area is 167 Å². The molecule has 27 heavy (non-hydrogen) atoms. The first-order valence-corrected chi connectivity index (χ1v) is 10.7. The largest absolute Gasteiger partial charge is 0.396 e. The van der Waals surface area contributed by atoms with Gasteiger partial charge in [-0.3, -0.25) is 0 Å². The topological polar surface area (TPSA) is 60.7 Å². The van der Waals surface area contributed by atoms with Gasteiger partial charge in [-0.1, -0.05) is 68.4 Å². The summed E-state index contributed by atoms with van der Waals surface area (Å²) in [5, 5.41) is 27.8. The summed E-state index contributed by atoms with van der Waals surface area (Å²) in [5.41, 5.74) is 0. The van der Waals surface area contributed by atoms with E-state index in [1.165, 1.54) is 25.7 Å². The lowest BCUT2D eigenvalue weighted by molar-refractivity contribution is 0.0778. The third-order valence-electron chi connectivity index (χ3n) is 4.49. The van der Waals surface area contributed by atoms with Crippen molar-refractivity contribution in [1.82, 2.24) is 0 Å². The van der Waals surface area contributed by atoms with Crippen LogP contribution >= 0.6 is 0 Å². The van der Waals surface area contributed by atoms with Crippen molar-refractivity contribution in [3.05, 3.63) is 48.6 Å².